The van der Waals surface area contributed by atoms with Gasteiger partial charge in [-0.25, -0.2) is 0 Å². The van der Waals surface area contributed by atoms with Crippen LogP contribution in [-0.4, -0.2) is 32.7 Å². The highest BCUT2D eigenvalue weighted by Crippen LogP contribution is 2.35. The van der Waals surface area contributed by atoms with E-state index in [1.54, 1.807) is 18.0 Å². The Morgan fingerprint density at radius 2 is 2.07 bits per heavy atom. The summed E-state index contributed by atoms with van der Waals surface area (Å²) in [5.41, 5.74) is 0.812. The molecule has 2 heterocycles. The molecule has 1 aliphatic carbocycles. The Morgan fingerprint density at radius 3 is 2.83 bits per heavy atom. The van der Waals surface area contributed by atoms with Crippen molar-refractivity contribution >= 4 is 35.1 Å². The van der Waals surface area contributed by atoms with E-state index in [0.717, 1.165) is 34.4 Å². The monoisotopic (exact) mass is 428 g/mol. The Bertz CT molecular complexity index is 950. The Hall–Kier alpha value is -2.19. The normalized spacial score (nSPS) is 14.8. The van der Waals surface area contributed by atoms with Crippen molar-refractivity contribution in [1.29, 1.82) is 0 Å². The second-order valence-corrected chi connectivity index (χ2v) is 8.84. The molecule has 0 unspecified atom stereocenters. The molecule has 1 aromatic carbocycles. The zero-order valence-electron chi connectivity index (χ0n) is 16.3. The maximum Gasteiger partial charge on any atom is 0.234 e. The molecule has 2 aromatic heterocycles. The van der Waals surface area contributed by atoms with Crippen molar-refractivity contribution in [2.75, 3.05) is 17.3 Å². The van der Waals surface area contributed by atoms with Crippen LogP contribution in [0.1, 0.15) is 38.1 Å². The lowest BCUT2D eigenvalue weighted by Gasteiger charge is -2.25. The van der Waals surface area contributed by atoms with Gasteiger partial charge in [-0.2, -0.15) is 0 Å². The number of aromatic nitrogens is 3. The van der Waals surface area contributed by atoms with Crippen LogP contribution >= 0.6 is 23.5 Å². The molecule has 6 nitrogen and oxygen atoms in total. The van der Waals surface area contributed by atoms with Crippen molar-refractivity contribution in [3.05, 3.63) is 42.7 Å². The van der Waals surface area contributed by atoms with Gasteiger partial charge in [-0.3, -0.25) is 9.36 Å². The summed E-state index contributed by atoms with van der Waals surface area (Å²) < 4.78 is 7.75. The van der Waals surface area contributed by atoms with Crippen LogP contribution < -0.4 is 5.32 Å². The first-order chi connectivity index (χ1) is 14.2. The van der Waals surface area contributed by atoms with Gasteiger partial charge in [-0.15, -0.1) is 22.0 Å². The molecule has 0 atom stereocenters. The molecule has 0 aliphatic heterocycles. The summed E-state index contributed by atoms with van der Waals surface area (Å²) in [6.45, 7) is 0. The van der Waals surface area contributed by atoms with Crippen LogP contribution in [0.15, 0.2) is 57.1 Å². The largest absolute Gasteiger partial charge is 0.461 e. The molecule has 3 aromatic rings. The summed E-state index contributed by atoms with van der Waals surface area (Å²) in [4.78, 5) is 13.6. The topological polar surface area (TPSA) is 73.0 Å². The highest BCUT2D eigenvalue weighted by Gasteiger charge is 2.25. The third-order valence-electron chi connectivity index (χ3n) is 5.03. The van der Waals surface area contributed by atoms with E-state index in [9.17, 15) is 4.79 Å². The molecular weight excluding hydrogens is 404 g/mol. The molecule has 1 aliphatic rings. The smallest absolute Gasteiger partial charge is 0.234 e. The SMILES string of the molecule is CSc1cccc(NC(=O)CSc2nnc(-c3ccco3)n2C2CCCCC2)c1. The van der Waals surface area contributed by atoms with E-state index in [2.05, 4.69) is 20.1 Å². The number of furan rings is 1. The Kier molecular flexibility index (Phi) is 6.61. The highest BCUT2D eigenvalue weighted by molar-refractivity contribution is 7.99. The maximum atomic E-state index is 12.5. The summed E-state index contributed by atoms with van der Waals surface area (Å²) in [6, 6.07) is 12.0. The second kappa shape index (κ2) is 9.54. The van der Waals surface area contributed by atoms with Gasteiger partial charge in [0.2, 0.25) is 11.7 Å². The van der Waals surface area contributed by atoms with E-state index >= 15 is 0 Å². The van der Waals surface area contributed by atoms with Gasteiger partial charge in [-0.05, 0) is 49.4 Å². The van der Waals surface area contributed by atoms with Crippen LogP contribution in [0.25, 0.3) is 11.6 Å². The lowest BCUT2D eigenvalue weighted by Crippen LogP contribution is -2.17. The van der Waals surface area contributed by atoms with E-state index in [-0.39, 0.29) is 11.7 Å². The molecule has 29 heavy (non-hydrogen) atoms. The van der Waals surface area contributed by atoms with E-state index in [0.29, 0.717) is 11.8 Å². The predicted octanol–water partition coefficient (Wildman–Crippen LogP) is 5.50. The number of amides is 1. The zero-order valence-corrected chi connectivity index (χ0v) is 18.0. The van der Waals surface area contributed by atoms with Gasteiger partial charge in [0.25, 0.3) is 0 Å². The minimum atomic E-state index is -0.0500. The lowest BCUT2D eigenvalue weighted by molar-refractivity contribution is -0.113. The average molecular weight is 429 g/mol. The minimum Gasteiger partial charge on any atom is -0.461 e. The van der Waals surface area contributed by atoms with Crippen LogP contribution in [0.2, 0.25) is 0 Å². The first-order valence-corrected chi connectivity index (χ1v) is 12.0. The third kappa shape index (κ3) is 4.87. The molecule has 4 rings (SSSR count). The van der Waals surface area contributed by atoms with E-state index in [1.165, 1.54) is 31.0 Å². The van der Waals surface area contributed by atoms with Gasteiger partial charge < -0.3 is 9.73 Å². The minimum absolute atomic E-state index is 0.0500. The van der Waals surface area contributed by atoms with Gasteiger partial charge in [0.15, 0.2) is 10.9 Å². The third-order valence-corrected chi connectivity index (χ3v) is 6.70. The average Bonchev–Trinajstić information content (AvgIpc) is 3.42. The van der Waals surface area contributed by atoms with Gasteiger partial charge in [0.05, 0.1) is 12.0 Å². The summed E-state index contributed by atoms with van der Waals surface area (Å²) >= 11 is 3.08. The molecule has 1 amide bonds. The lowest BCUT2D eigenvalue weighted by atomic mass is 9.95. The van der Waals surface area contributed by atoms with Crippen molar-refractivity contribution in [1.82, 2.24) is 14.8 Å². The van der Waals surface area contributed by atoms with Crippen LogP contribution in [0.5, 0.6) is 0 Å². The second-order valence-electron chi connectivity index (χ2n) is 7.01. The fourth-order valence-electron chi connectivity index (χ4n) is 3.65. The zero-order chi connectivity index (χ0) is 20.1. The molecule has 0 radical (unpaired) electrons. The Labute approximate surface area is 178 Å². The predicted molar refractivity (Wildman–Crippen MR) is 117 cm³/mol. The van der Waals surface area contributed by atoms with Crippen LogP contribution in [0, 0.1) is 0 Å². The number of thioether (sulfide) groups is 2. The summed E-state index contributed by atoms with van der Waals surface area (Å²) in [6.07, 6.45) is 9.56. The van der Waals surface area contributed by atoms with Gasteiger partial charge in [0.1, 0.15) is 0 Å². The molecule has 1 saturated carbocycles. The molecule has 152 valence electrons. The molecule has 0 bridgehead atoms. The Balaban J connectivity index is 1.48. The first-order valence-electron chi connectivity index (χ1n) is 9.80. The fraction of sp³-hybridized carbons (Fsp3) is 0.381. The number of rotatable bonds is 7. The van der Waals surface area contributed by atoms with E-state index < -0.39 is 0 Å². The van der Waals surface area contributed by atoms with Gasteiger partial charge in [0, 0.05) is 16.6 Å². The number of anilines is 1. The van der Waals surface area contributed by atoms with Crippen LogP contribution in [-0.2, 0) is 4.79 Å². The van der Waals surface area contributed by atoms with Crippen molar-refractivity contribution in [2.45, 2.75) is 48.2 Å². The highest BCUT2D eigenvalue weighted by atomic mass is 32.2. The van der Waals surface area contributed by atoms with Gasteiger partial charge >= 0.3 is 0 Å². The molecule has 0 saturated heterocycles. The first kappa shape index (κ1) is 20.1. The number of hydrogen-bond acceptors (Lipinski definition) is 6. The number of carbonyl (C=O) groups excluding carboxylic acids is 1. The summed E-state index contributed by atoms with van der Waals surface area (Å²) in [5.74, 6) is 1.70. The standard InChI is InChI=1S/C21H24N4O2S2/c1-28-17-10-5-7-15(13-17)22-19(26)14-29-21-24-23-20(18-11-6-12-27-18)25(21)16-8-3-2-4-9-16/h5-7,10-13,16H,2-4,8-9,14H2,1H3,(H,22,26). The number of benzene rings is 1. The maximum absolute atomic E-state index is 12.5. The molecule has 1 N–H and O–H groups in total. The molecule has 0 spiro atoms. The number of carbonyl (C=O) groups is 1. The van der Waals surface area contributed by atoms with Crippen molar-refractivity contribution in [2.24, 2.45) is 0 Å². The molecule has 8 heteroatoms. The van der Waals surface area contributed by atoms with Crippen LogP contribution in [0.4, 0.5) is 5.69 Å². The summed E-state index contributed by atoms with van der Waals surface area (Å²) in [5, 5.41) is 12.5. The van der Waals surface area contributed by atoms with E-state index in [4.69, 9.17) is 4.42 Å². The van der Waals surface area contributed by atoms with Gasteiger partial charge in [-0.1, -0.05) is 37.1 Å². The van der Waals surface area contributed by atoms with Crippen molar-refractivity contribution in [3.8, 4) is 11.6 Å². The number of nitrogens with zero attached hydrogens (tertiary/aromatic N) is 3. The quantitative estimate of drug-likeness (QED) is 0.501. The molecular formula is C21H24N4O2S2. The van der Waals surface area contributed by atoms with E-state index in [1.807, 2.05) is 42.7 Å². The number of nitrogens with one attached hydrogen (secondary N) is 1. The van der Waals surface area contributed by atoms with Crippen molar-refractivity contribution < 1.29 is 9.21 Å². The molecule has 1 fully saturated rings. The van der Waals surface area contributed by atoms with Crippen molar-refractivity contribution in [3.63, 3.8) is 0 Å². The summed E-state index contributed by atoms with van der Waals surface area (Å²) in [7, 11) is 0. The fourth-order valence-corrected chi connectivity index (χ4v) is 4.91. The number of hydrogen-bond donors (Lipinski definition) is 1. The van der Waals surface area contributed by atoms with Crippen LogP contribution in [0.3, 0.4) is 0 Å². The Morgan fingerprint density at radius 1 is 1.21 bits per heavy atom.